The number of rotatable bonds is 13. The van der Waals surface area contributed by atoms with Gasteiger partial charge in [0.1, 0.15) is 0 Å². The van der Waals surface area contributed by atoms with Gasteiger partial charge in [-0.15, -0.1) is 0 Å². The Morgan fingerprint density at radius 2 is 1.88 bits per heavy atom. The number of aliphatic carboxylic acids is 1. The quantitative estimate of drug-likeness (QED) is 0.352. The molecule has 2 rings (SSSR count). The standard InChI is InChI=1S/C21H36O3/c1-2-3-4-7-10-15-24-21-18-14-13-17(16-18)19(21)11-8-5-6-9-12-20(22)23/h5,8,17-19,21H,2-4,6-7,9-16H2,1H3,(H,22,23)/t17-,18+,19-,21-/m1/s1. The average Bonchev–Trinajstić information content (AvgIpc) is 3.15. The van der Waals surface area contributed by atoms with Crippen LogP contribution in [-0.2, 0) is 9.53 Å². The smallest absolute Gasteiger partial charge is 0.303 e. The van der Waals surface area contributed by atoms with Gasteiger partial charge in [-0.3, -0.25) is 4.79 Å². The van der Waals surface area contributed by atoms with Gasteiger partial charge in [0.25, 0.3) is 0 Å². The Morgan fingerprint density at radius 3 is 2.67 bits per heavy atom. The highest BCUT2D eigenvalue weighted by molar-refractivity contribution is 5.66. The number of allylic oxidation sites excluding steroid dienone is 2. The van der Waals surface area contributed by atoms with Crippen LogP contribution in [0, 0.1) is 17.8 Å². The number of carboxylic acids is 1. The molecule has 0 saturated heterocycles. The van der Waals surface area contributed by atoms with Crippen LogP contribution in [0.3, 0.4) is 0 Å². The summed E-state index contributed by atoms with van der Waals surface area (Å²) in [5.41, 5.74) is 0. The highest BCUT2D eigenvalue weighted by Gasteiger charge is 2.47. The molecule has 0 unspecified atom stereocenters. The number of hydrogen-bond acceptors (Lipinski definition) is 2. The lowest BCUT2D eigenvalue weighted by Gasteiger charge is -2.30. The summed E-state index contributed by atoms with van der Waals surface area (Å²) >= 11 is 0. The molecule has 0 spiro atoms. The molecule has 4 atom stereocenters. The summed E-state index contributed by atoms with van der Waals surface area (Å²) in [7, 11) is 0. The van der Waals surface area contributed by atoms with Crippen LogP contribution in [0.1, 0.15) is 84.0 Å². The van der Waals surface area contributed by atoms with Crippen molar-refractivity contribution >= 4 is 5.97 Å². The van der Waals surface area contributed by atoms with E-state index in [-0.39, 0.29) is 6.42 Å². The molecule has 0 heterocycles. The van der Waals surface area contributed by atoms with Gasteiger partial charge in [-0.2, -0.15) is 0 Å². The van der Waals surface area contributed by atoms with Crippen LogP contribution in [0.15, 0.2) is 12.2 Å². The largest absolute Gasteiger partial charge is 0.481 e. The van der Waals surface area contributed by atoms with E-state index in [1.165, 1.54) is 51.4 Å². The van der Waals surface area contributed by atoms with Crippen molar-refractivity contribution in [2.75, 3.05) is 6.61 Å². The van der Waals surface area contributed by atoms with E-state index < -0.39 is 5.97 Å². The predicted molar refractivity (Wildman–Crippen MR) is 98.1 cm³/mol. The van der Waals surface area contributed by atoms with Crippen molar-refractivity contribution in [1.29, 1.82) is 0 Å². The minimum atomic E-state index is -0.691. The van der Waals surface area contributed by atoms with E-state index in [1.807, 2.05) is 0 Å². The summed E-state index contributed by atoms with van der Waals surface area (Å²) in [6, 6.07) is 0. The second-order valence-corrected chi connectivity index (χ2v) is 7.74. The highest BCUT2D eigenvalue weighted by Crippen LogP contribution is 2.51. The Bertz CT molecular complexity index is 391. The molecular weight excluding hydrogens is 300 g/mol. The first-order valence-electron chi connectivity index (χ1n) is 10.2. The maximum absolute atomic E-state index is 10.5. The van der Waals surface area contributed by atoms with Crippen molar-refractivity contribution in [3.05, 3.63) is 12.2 Å². The van der Waals surface area contributed by atoms with Crippen LogP contribution in [0.2, 0.25) is 0 Å². The van der Waals surface area contributed by atoms with Crippen molar-refractivity contribution in [3.63, 3.8) is 0 Å². The summed E-state index contributed by atoms with van der Waals surface area (Å²) < 4.78 is 6.33. The molecule has 0 radical (unpaired) electrons. The summed E-state index contributed by atoms with van der Waals surface area (Å²) in [6.45, 7) is 3.20. The van der Waals surface area contributed by atoms with Crippen LogP contribution in [-0.4, -0.2) is 23.8 Å². The molecule has 2 bridgehead atoms. The number of carboxylic acid groups (broad SMARTS) is 1. The first kappa shape index (κ1) is 19.5. The summed E-state index contributed by atoms with van der Waals surface area (Å²) in [5.74, 6) is 1.68. The predicted octanol–water partition coefficient (Wildman–Crippen LogP) is 5.59. The van der Waals surface area contributed by atoms with Gasteiger partial charge in [0.2, 0.25) is 0 Å². The van der Waals surface area contributed by atoms with Gasteiger partial charge >= 0.3 is 5.97 Å². The minimum absolute atomic E-state index is 0.280. The summed E-state index contributed by atoms with van der Waals surface area (Å²) in [5, 5.41) is 8.66. The van der Waals surface area contributed by atoms with Gasteiger partial charge in [0.05, 0.1) is 6.10 Å². The van der Waals surface area contributed by atoms with Crippen LogP contribution in [0.25, 0.3) is 0 Å². The Labute approximate surface area is 147 Å². The molecule has 2 aliphatic carbocycles. The molecule has 0 aromatic carbocycles. The maximum Gasteiger partial charge on any atom is 0.303 e. The molecule has 0 amide bonds. The van der Waals surface area contributed by atoms with Gasteiger partial charge in [-0.1, -0.05) is 44.8 Å². The fraction of sp³-hybridized carbons (Fsp3) is 0.857. The lowest BCUT2D eigenvalue weighted by atomic mass is 9.84. The van der Waals surface area contributed by atoms with Crippen molar-refractivity contribution in [1.82, 2.24) is 0 Å². The zero-order valence-electron chi connectivity index (χ0n) is 15.4. The molecule has 2 aliphatic rings. The average molecular weight is 337 g/mol. The zero-order chi connectivity index (χ0) is 17.2. The molecular formula is C21H36O3. The van der Waals surface area contributed by atoms with E-state index >= 15 is 0 Å². The second-order valence-electron chi connectivity index (χ2n) is 7.74. The van der Waals surface area contributed by atoms with Crippen LogP contribution in [0.4, 0.5) is 0 Å². The third kappa shape index (κ3) is 6.23. The molecule has 138 valence electrons. The first-order chi connectivity index (χ1) is 11.7. The summed E-state index contributed by atoms with van der Waals surface area (Å²) in [6.07, 6.45) is 18.6. The number of carbonyl (C=O) groups is 1. The van der Waals surface area contributed by atoms with E-state index in [0.717, 1.165) is 37.7 Å². The number of ether oxygens (including phenoxy) is 1. The van der Waals surface area contributed by atoms with Crippen molar-refractivity contribution < 1.29 is 14.6 Å². The van der Waals surface area contributed by atoms with Crippen molar-refractivity contribution in [2.24, 2.45) is 17.8 Å². The number of unbranched alkanes of at least 4 members (excludes halogenated alkanes) is 5. The fourth-order valence-corrected chi connectivity index (χ4v) is 4.61. The number of fused-ring (bicyclic) bond motifs is 2. The van der Waals surface area contributed by atoms with Gasteiger partial charge in [-0.05, 0) is 62.7 Å². The highest BCUT2D eigenvalue weighted by atomic mass is 16.5. The van der Waals surface area contributed by atoms with Gasteiger partial charge in [0.15, 0.2) is 0 Å². The zero-order valence-corrected chi connectivity index (χ0v) is 15.4. The second kappa shape index (κ2) is 10.9. The van der Waals surface area contributed by atoms with Crippen LogP contribution >= 0.6 is 0 Å². The maximum atomic E-state index is 10.5. The third-order valence-electron chi connectivity index (χ3n) is 5.90. The topological polar surface area (TPSA) is 46.5 Å². The molecule has 1 N–H and O–H groups in total. The van der Waals surface area contributed by atoms with Gasteiger partial charge in [0, 0.05) is 13.0 Å². The molecule has 0 aromatic heterocycles. The monoisotopic (exact) mass is 336 g/mol. The van der Waals surface area contributed by atoms with Gasteiger partial charge in [-0.25, -0.2) is 0 Å². The molecule has 2 saturated carbocycles. The lowest BCUT2D eigenvalue weighted by Crippen LogP contribution is -2.30. The van der Waals surface area contributed by atoms with E-state index in [4.69, 9.17) is 9.84 Å². The van der Waals surface area contributed by atoms with Crippen LogP contribution in [0.5, 0.6) is 0 Å². The Kier molecular flexibility index (Phi) is 8.87. The third-order valence-corrected chi connectivity index (χ3v) is 5.90. The van der Waals surface area contributed by atoms with Gasteiger partial charge < -0.3 is 9.84 Å². The van der Waals surface area contributed by atoms with E-state index in [2.05, 4.69) is 19.1 Å². The van der Waals surface area contributed by atoms with E-state index in [9.17, 15) is 4.79 Å². The Morgan fingerprint density at radius 1 is 1.08 bits per heavy atom. The Hall–Kier alpha value is -0.830. The first-order valence-corrected chi connectivity index (χ1v) is 10.2. The molecule has 0 aliphatic heterocycles. The molecule has 0 aromatic rings. The lowest BCUT2D eigenvalue weighted by molar-refractivity contribution is -0.137. The molecule has 3 heteroatoms. The molecule has 24 heavy (non-hydrogen) atoms. The number of hydrogen-bond donors (Lipinski definition) is 1. The summed E-state index contributed by atoms with van der Waals surface area (Å²) in [4.78, 5) is 10.5. The van der Waals surface area contributed by atoms with E-state index in [0.29, 0.717) is 12.0 Å². The van der Waals surface area contributed by atoms with Crippen molar-refractivity contribution in [2.45, 2.75) is 90.1 Å². The molecule has 3 nitrogen and oxygen atoms in total. The Balaban J connectivity index is 1.65. The fourth-order valence-electron chi connectivity index (χ4n) is 4.61. The van der Waals surface area contributed by atoms with Crippen LogP contribution < -0.4 is 0 Å². The molecule has 2 fully saturated rings. The SMILES string of the molecule is CCCCCCCO[C@@H]1[C@H]2CC[C@H](C2)[C@H]1CC=CCCCC(=O)O. The minimum Gasteiger partial charge on any atom is -0.481 e. The van der Waals surface area contributed by atoms with Crippen molar-refractivity contribution in [3.8, 4) is 0 Å². The normalized spacial score (nSPS) is 28.9. The van der Waals surface area contributed by atoms with E-state index in [1.54, 1.807) is 0 Å².